The quantitative estimate of drug-likeness (QED) is 0.379. The van der Waals surface area contributed by atoms with E-state index in [1.807, 2.05) is 41.9 Å². The molecule has 0 fully saturated rings. The number of amides is 1. The molecule has 134 valence electrons. The van der Waals surface area contributed by atoms with Gasteiger partial charge < -0.3 is 9.88 Å². The molecule has 0 radical (unpaired) electrons. The van der Waals surface area contributed by atoms with Crippen molar-refractivity contribution in [1.29, 1.82) is 0 Å². The maximum Gasteiger partial charge on any atom is 0.274 e. The smallest absolute Gasteiger partial charge is 0.274 e. The average Bonchev–Trinajstić information content (AvgIpc) is 3.03. The third-order valence-corrected chi connectivity index (χ3v) is 4.47. The fraction of sp³-hybridized carbons (Fsp3) is 0.0476. The maximum atomic E-state index is 11.6. The van der Waals surface area contributed by atoms with E-state index in [1.54, 1.807) is 23.7 Å². The van der Waals surface area contributed by atoms with Gasteiger partial charge in [0.1, 0.15) is 0 Å². The first-order chi connectivity index (χ1) is 13.2. The maximum absolute atomic E-state index is 11.6. The number of nitrogens with one attached hydrogen (secondary N) is 2. The highest BCUT2D eigenvalue weighted by atomic mass is 16.5. The van der Waals surface area contributed by atoms with E-state index in [2.05, 4.69) is 34.6 Å². The van der Waals surface area contributed by atoms with Crippen LogP contribution < -0.4 is 10.8 Å². The molecule has 0 atom stereocenters. The minimum atomic E-state index is -0.562. The zero-order chi connectivity index (χ0) is 18.8. The molecule has 0 saturated heterocycles. The van der Waals surface area contributed by atoms with E-state index < -0.39 is 5.91 Å². The van der Waals surface area contributed by atoms with Crippen molar-refractivity contribution in [1.82, 2.24) is 15.0 Å². The molecule has 3 aromatic carbocycles. The molecular formula is C21H18N4O2. The molecule has 1 amide bonds. The molecule has 0 bridgehead atoms. The number of carbonyl (C=O) groups is 1. The Morgan fingerprint density at radius 2 is 1.74 bits per heavy atom. The van der Waals surface area contributed by atoms with Crippen LogP contribution in [-0.4, -0.2) is 20.7 Å². The van der Waals surface area contributed by atoms with Crippen LogP contribution >= 0.6 is 0 Å². The van der Waals surface area contributed by atoms with Crippen molar-refractivity contribution < 1.29 is 10.0 Å². The summed E-state index contributed by atoms with van der Waals surface area (Å²) < 4.78 is 1.92. The Bertz CT molecular complexity index is 1120. The Balaban J connectivity index is 1.67. The van der Waals surface area contributed by atoms with Gasteiger partial charge in [-0.15, -0.1) is 0 Å². The van der Waals surface area contributed by atoms with Crippen molar-refractivity contribution in [3.8, 4) is 11.1 Å². The van der Waals surface area contributed by atoms with Crippen molar-refractivity contribution in [3.05, 3.63) is 78.4 Å². The molecule has 0 aliphatic carbocycles. The van der Waals surface area contributed by atoms with E-state index in [0.29, 0.717) is 17.0 Å². The summed E-state index contributed by atoms with van der Waals surface area (Å²) in [6.07, 6.45) is 0. The fourth-order valence-electron chi connectivity index (χ4n) is 3.05. The summed E-state index contributed by atoms with van der Waals surface area (Å²) in [6, 6.07) is 23.4. The lowest BCUT2D eigenvalue weighted by Crippen LogP contribution is -2.18. The van der Waals surface area contributed by atoms with Crippen molar-refractivity contribution in [2.75, 3.05) is 5.32 Å². The monoisotopic (exact) mass is 358 g/mol. The lowest BCUT2D eigenvalue weighted by Gasteiger charge is -2.08. The number of carbonyl (C=O) groups excluding carboxylic acids is 1. The van der Waals surface area contributed by atoms with Crippen molar-refractivity contribution >= 4 is 28.6 Å². The van der Waals surface area contributed by atoms with E-state index in [-0.39, 0.29) is 0 Å². The molecule has 0 aliphatic rings. The van der Waals surface area contributed by atoms with Crippen LogP contribution in [0.2, 0.25) is 0 Å². The minimum absolute atomic E-state index is 0.348. The van der Waals surface area contributed by atoms with Gasteiger partial charge in [-0.1, -0.05) is 42.5 Å². The fourth-order valence-corrected chi connectivity index (χ4v) is 3.05. The molecule has 4 rings (SSSR count). The highest BCUT2D eigenvalue weighted by Gasteiger charge is 2.11. The molecule has 1 aromatic heterocycles. The molecule has 0 spiro atoms. The van der Waals surface area contributed by atoms with E-state index in [9.17, 15) is 4.79 Å². The summed E-state index contributed by atoms with van der Waals surface area (Å²) in [6.45, 7) is 0. The summed E-state index contributed by atoms with van der Waals surface area (Å²) in [7, 11) is 1.91. The number of aryl methyl sites for hydroxylation is 1. The summed E-state index contributed by atoms with van der Waals surface area (Å²) in [5.74, 6) is 0.101. The Morgan fingerprint density at radius 3 is 2.52 bits per heavy atom. The molecule has 6 heteroatoms. The third-order valence-electron chi connectivity index (χ3n) is 4.47. The topological polar surface area (TPSA) is 79.2 Å². The number of hydrogen-bond acceptors (Lipinski definition) is 4. The number of rotatable bonds is 4. The van der Waals surface area contributed by atoms with E-state index in [0.717, 1.165) is 22.3 Å². The molecule has 1 heterocycles. The molecule has 3 N–H and O–H groups in total. The van der Waals surface area contributed by atoms with Crippen molar-refractivity contribution in [2.45, 2.75) is 0 Å². The van der Waals surface area contributed by atoms with Gasteiger partial charge in [-0.05, 0) is 41.5 Å². The molecule has 0 unspecified atom stereocenters. The summed E-state index contributed by atoms with van der Waals surface area (Å²) in [5.41, 5.74) is 6.71. The largest absolute Gasteiger partial charge is 0.326 e. The molecule has 0 aliphatic heterocycles. The number of imidazole rings is 1. The van der Waals surface area contributed by atoms with Crippen LogP contribution in [0.4, 0.5) is 11.6 Å². The summed E-state index contributed by atoms with van der Waals surface area (Å²) >= 11 is 0. The number of anilines is 2. The number of fused-ring (bicyclic) bond motifs is 1. The number of benzene rings is 3. The van der Waals surface area contributed by atoms with Crippen LogP contribution in [-0.2, 0) is 7.05 Å². The summed E-state index contributed by atoms with van der Waals surface area (Å²) in [5, 5.41) is 12.1. The second kappa shape index (κ2) is 6.93. The summed E-state index contributed by atoms with van der Waals surface area (Å²) in [4.78, 5) is 16.2. The highest BCUT2D eigenvalue weighted by molar-refractivity contribution is 5.97. The first-order valence-corrected chi connectivity index (χ1v) is 8.49. The Kier molecular flexibility index (Phi) is 4.32. The third kappa shape index (κ3) is 3.26. The normalized spacial score (nSPS) is 10.7. The minimum Gasteiger partial charge on any atom is -0.326 e. The van der Waals surface area contributed by atoms with Gasteiger partial charge >= 0.3 is 0 Å². The van der Waals surface area contributed by atoms with Crippen LogP contribution in [0.3, 0.4) is 0 Å². The van der Waals surface area contributed by atoms with Gasteiger partial charge in [-0.25, -0.2) is 10.5 Å². The van der Waals surface area contributed by atoms with E-state index >= 15 is 0 Å². The van der Waals surface area contributed by atoms with E-state index in [1.165, 1.54) is 0 Å². The number of aromatic nitrogens is 2. The van der Waals surface area contributed by atoms with Crippen molar-refractivity contribution in [2.24, 2.45) is 7.05 Å². The molecule has 0 saturated carbocycles. The predicted molar refractivity (Wildman–Crippen MR) is 105 cm³/mol. The Hall–Kier alpha value is -3.64. The first-order valence-electron chi connectivity index (χ1n) is 8.49. The lowest BCUT2D eigenvalue weighted by molar-refractivity contribution is 0.0706. The number of hydroxylamine groups is 1. The van der Waals surface area contributed by atoms with Crippen LogP contribution in [0, 0.1) is 0 Å². The van der Waals surface area contributed by atoms with Gasteiger partial charge in [-0.2, -0.15) is 0 Å². The van der Waals surface area contributed by atoms with Crippen LogP contribution in [0.15, 0.2) is 72.8 Å². The number of hydrogen-bond donors (Lipinski definition) is 3. The zero-order valence-electron chi connectivity index (χ0n) is 14.7. The lowest BCUT2D eigenvalue weighted by atomic mass is 10.1. The second-order valence-electron chi connectivity index (χ2n) is 6.21. The molecule has 4 aromatic rings. The van der Waals surface area contributed by atoms with Crippen LogP contribution in [0.25, 0.3) is 22.2 Å². The van der Waals surface area contributed by atoms with Crippen LogP contribution in [0.5, 0.6) is 0 Å². The SMILES string of the molecule is Cn1c(Nc2cccc(-c3ccccc3)c2)nc2cc(C(=O)NO)ccc21. The predicted octanol–water partition coefficient (Wildman–Crippen LogP) is 4.10. The van der Waals surface area contributed by atoms with E-state index in [4.69, 9.17) is 5.21 Å². The molecular weight excluding hydrogens is 340 g/mol. The standard InChI is InChI=1S/C21H18N4O2/c1-25-19-11-10-16(20(26)24-27)13-18(19)23-21(25)22-17-9-5-8-15(12-17)14-6-3-2-4-7-14/h2-13,27H,1H3,(H,22,23)(H,24,26). The van der Waals surface area contributed by atoms with Gasteiger partial charge in [-0.3, -0.25) is 10.0 Å². The zero-order valence-corrected chi connectivity index (χ0v) is 14.7. The second-order valence-corrected chi connectivity index (χ2v) is 6.21. The van der Waals surface area contributed by atoms with Gasteiger partial charge in [0, 0.05) is 18.3 Å². The molecule has 6 nitrogen and oxygen atoms in total. The Labute approximate surface area is 156 Å². The molecule has 27 heavy (non-hydrogen) atoms. The van der Waals surface area contributed by atoms with Gasteiger partial charge in [0.2, 0.25) is 5.95 Å². The Morgan fingerprint density at radius 1 is 0.963 bits per heavy atom. The van der Waals surface area contributed by atoms with Crippen molar-refractivity contribution in [3.63, 3.8) is 0 Å². The highest BCUT2D eigenvalue weighted by Crippen LogP contribution is 2.26. The van der Waals surface area contributed by atoms with Gasteiger partial charge in [0.25, 0.3) is 5.91 Å². The first kappa shape index (κ1) is 16.8. The number of nitrogens with zero attached hydrogens (tertiary/aromatic N) is 2. The average molecular weight is 358 g/mol. The van der Waals surface area contributed by atoms with Gasteiger partial charge in [0.05, 0.1) is 11.0 Å². The van der Waals surface area contributed by atoms with Crippen LogP contribution in [0.1, 0.15) is 10.4 Å². The van der Waals surface area contributed by atoms with Gasteiger partial charge in [0.15, 0.2) is 0 Å².